The van der Waals surface area contributed by atoms with Crippen molar-refractivity contribution < 1.29 is 4.79 Å². The molecule has 0 spiro atoms. The molecule has 78 valence electrons. The van der Waals surface area contributed by atoms with Gasteiger partial charge in [0.05, 0.1) is 0 Å². The fraction of sp³-hybridized carbons (Fsp3) is 0.750. The molecule has 2 aliphatic carbocycles. The van der Waals surface area contributed by atoms with E-state index in [-0.39, 0.29) is 0 Å². The first-order valence-electron chi connectivity index (χ1n) is 5.52. The van der Waals surface area contributed by atoms with E-state index in [1.54, 1.807) is 0 Å². The summed E-state index contributed by atoms with van der Waals surface area (Å²) in [4.78, 5) is 14.0. The number of Topliss-reactive ketones (excluding diaryl/α,β-unsaturated/α-hetero) is 1. The van der Waals surface area contributed by atoms with Gasteiger partial charge >= 0.3 is 0 Å². The molecule has 0 heterocycles. The summed E-state index contributed by atoms with van der Waals surface area (Å²) < 4.78 is 0. The molecule has 14 heavy (non-hydrogen) atoms. The second-order valence-corrected chi connectivity index (χ2v) is 4.91. The zero-order chi connectivity index (χ0) is 10.1. The van der Waals surface area contributed by atoms with Crippen LogP contribution in [0.15, 0.2) is 12.2 Å². The van der Waals surface area contributed by atoms with Crippen molar-refractivity contribution >= 4 is 5.78 Å². The SMILES string of the molecule is CN(C)CCC(=O)[C@H]1C[C@@H]2C=C[C@H]1C2. The highest BCUT2D eigenvalue weighted by Gasteiger charge is 2.38. The lowest BCUT2D eigenvalue weighted by Crippen LogP contribution is -2.23. The molecule has 0 amide bonds. The third-order valence-corrected chi connectivity index (χ3v) is 3.50. The van der Waals surface area contributed by atoms with Crippen LogP contribution in [0.4, 0.5) is 0 Å². The number of hydrogen-bond acceptors (Lipinski definition) is 2. The summed E-state index contributed by atoms with van der Waals surface area (Å²) in [5, 5.41) is 0. The fourth-order valence-electron chi connectivity index (χ4n) is 2.67. The molecule has 0 N–H and O–H groups in total. The van der Waals surface area contributed by atoms with Gasteiger partial charge in [-0.2, -0.15) is 0 Å². The van der Waals surface area contributed by atoms with E-state index in [1.165, 1.54) is 6.42 Å². The third-order valence-electron chi connectivity index (χ3n) is 3.50. The van der Waals surface area contributed by atoms with Gasteiger partial charge in [-0.25, -0.2) is 0 Å². The molecule has 0 saturated heterocycles. The van der Waals surface area contributed by atoms with Crippen molar-refractivity contribution in [3.8, 4) is 0 Å². The Hall–Kier alpha value is -0.630. The van der Waals surface area contributed by atoms with Gasteiger partial charge in [0.15, 0.2) is 0 Å². The molecule has 3 atom stereocenters. The van der Waals surface area contributed by atoms with Gasteiger partial charge in [-0.3, -0.25) is 4.79 Å². The monoisotopic (exact) mass is 193 g/mol. The number of allylic oxidation sites excluding steroid dienone is 2. The number of rotatable bonds is 4. The van der Waals surface area contributed by atoms with Crippen LogP contribution < -0.4 is 0 Å². The van der Waals surface area contributed by atoms with Crippen LogP contribution in [-0.4, -0.2) is 31.3 Å². The van der Waals surface area contributed by atoms with E-state index in [0.717, 1.165) is 19.4 Å². The van der Waals surface area contributed by atoms with Crippen LogP contribution in [-0.2, 0) is 4.79 Å². The quantitative estimate of drug-likeness (QED) is 0.634. The molecule has 0 aromatic heterocycles. The maximum absolute atomic E-state index is 11.9. The highest BCUT2D eigenvalue weighted by molar-refractivity contribution is 5.82. The van der Waals surface area contributed by atoms with Gasteiger partial charge in [-0.15, -0.1) is 0 Å². The highest BCUT2D eigenvalue weighted by atomic mass is 16.1. The lowest BCUT2D eigenvalue weighted by Gasteiger charge is -2.17. The zero-order valence-electron chi connectivity index (χ0n) is 9.07. The predicted molar refractivity (Wildman–Crippen MR) is 57.0 cm³/mol. The number of fused-ring (bicyclic) bond motifs is 2. The van der Waals surface area contributed by atoms with Gasteiger partial charge in [-0.05, 0) is 38.8 Å². The number of carbonyl (C=O) groups is 1. The van der Waals surface area contributed by atoms with Crippen LogP contribution in [0.5, 0.6) is 0 Å². The van der Waals surface area contributed by atoms with Crippen LogP contribution in [0, 0.1) is 17.8 Å². The first-order valence-corrected chi connectivity index (χ1v) is 5.52. The summed E-state index contributed by atoms with van der Waals surface area (Å²) >= 11 is 0. The standard InChI is InChI=1S/C12H19NO/c1-13(2)6-5-12(14)11-8-9-3-4-10(11)7-9/h3-4,9-11H,5-8H2,1-2H3/t9-,10+,11+/m1/s1. The van der Waals surface area contributed by atoms with Crippen molar-refractivity contribution in [2.24, 2.45) is 17.8 Å². The molecule has 0 aromatic carbocycles. The topological polar surface area (TPSA) is 20.3 Å². The Morgan fingerprint density at radius 2 is 2.14 bits per heavy atom. The summed E-state index contributed by atoms with van der Waals surface area (Å²) in [6.07, 6.45) is 7.63. The lowest BCUT2D eigenvalue weighted by molar-refractivity contribution is -0.123. The van der Waals surface area contributed by atoms with Gasteiger partial charge < -0.3 is 4.90 Å². The van der Waals surface area contributed by atoms with E-state index in [2.05, 4.69) is 17.1 Å². The molecule has 2 aliphatic rings. The van der Waals surface area contributed by atoms with Crippen LogP contribution in [0.2, 0.25) is 0 Å². The number of hydrogen-bond donors (Lipinski definition) is 0. The Labute approximate surface area is 86.0 Å². The van der Waals surface area contributed by atoms with E-state index >= 15 is 0 Å². The zero-order valence-corrected chi connectivity index (χ0v) is 9.07. The molecule has 2 nitrogen and oxygen atoms in total. The summed E-state index contributed by atoms with van der Waals surface area (Å²) in [6, 6.07) is 0. The third kappa shape index (κ3) is 1.90. The first kappa shape index (κ1) is 9.91. The number of carbonyl (C=O) groups excluding carboxylic acids is 1. The van der Waals surface area contributed by atoms with Crippen molar-refractivity contribution in [3.05, 3.63) is 12.2 Å². The van der Waals surface area contributed by atoms with Crippen LogP contribution >= 0.6 is 0 Å². The smallest absolute Gasteiger partial charge is 0.137 e. The van der Waals surface area contributed by atoms with Gasteiger partial charge in [0.2, 0.25) is 0 Å². The second kappa shape index (κ2) is 3.85. The van der Waals surface area contributed by atoms with Crippen molar-refractivity contribution in [1.29, 1.82) is 0 Å². The Morgan fingerprint density at radius 3 is 2.64 bits per heavy atom. The molecular weight excluding hydrogens is 174 g/mol. The Morgan fingerprint density at radius 1 is 1.36 bits per heavy atom. The number of ketones is 1. The first-order chi connectivity index (χ1) is 6.66. The minimum Gasteiger partial charge on any atom is -0.309 e. The summed E-state index contributed by atoms with van der Waals surface area (Å²) in [6.45, 7) is 0.899. The maximum atomic E-state index is 11.9. The molecule has 0 unspecified atom stereocenters. The molecule has 2 heteroatoms. The Kier molecular flexibility index (Phi) is 2.73. The molecule has 1 fully saturated rings. The largest absolute Gasteiger partial charge is 0.309 e. The van der Waals surface area contributed by atoms with E-state index in [9.17, 15) is 4.79 Å². The minimum atomic E-state index is 0.352. The van der Waals surface area contributed by atoms with E-state index in [1.807, 2.05) is 14.1 Å². The predicted octanol–water partition coefficient (Wildman–Crippen LogP) is 1.72. The summed E-state index contributed by atoms with van der Waals surface area (Å²) in [7, 11) is 4.04. The molecule has 1 saturated carbocycles. The van der Waals surface area contributed by atoms with Gasteiger partial charge in [0, 0.05) is 18.9 Å². The molecule has 0 radical (unpaired) electrons. The lowest BCUT2D eigenvalue weighted by atomic mass is 9.88. The molecule has 2 rings (SSSR count). The van der Waals surface area contributed by atoms with E-state index in [0.29, 0.717) is 23.5 Å². The van der Waals surface area contributed by atoms with Crippen LogP contribution in [0.1, 0.15) is 19.3 Å². The van der Waals surface area contributed by atoms with Crippen molar-refractivity contribution in [2.75, 3.05) is 20.6 Å². The van der Waals surface area contributed by atoms with Crippen molar-refractivity contribution in [1.82, 2.24) is 4.90 Å². The minimum absolute atomic E-state index is 0.352. The van der Waals surface area contributed by atoms with Crippen molar-refractivity contribution in [3.63, 3.8) is 0 Å². The van der Waals surface area contributed by atoms with Gasteiger partial charge in [-0.1, -0.05) is 12.2 Å². The van der Waals surface area contributed by atoms with E-state index in [4.69, 9.17) is 0 Å². The van der Waals surface area contributed by atoms with E-state index < -0.39 is 0 Å². The van der Waals surface area contributed by atoms with Crippen molar-refractivity contribution in [2.45, 2.75) is 19.3 Å². The summed E-state index contributed by atoms with van der Waals surface area (Å²) in [5.41, 5.74) is 0. The van der Waals surface area contributed by atoms with Gasteiger partial charge in [0.1, 0.15) is 5.78 Å². The molecular formula is C12H19NO. The van der Waals surface area contributed by atoms with Crippen LogP contribution in [0.3, 0.4) is 0 Å². The summed E-state index contributed by atoms with van der Waals surface area (Å²) in [5.74, 6) is 2.13. The van der Waals surface area contributed by atoms with Crippen LogP contribution in [0.25, 0.3) is 0 Å². The average Bonchev–Trinajstić information content (AvgIpc) is 2.74. The fourth-order valence-corrected chi connectivity index (χ4v) is 2.67. The van der Waals surface area contributed by atoms with Gasteiger partial charge in [0.25, 0.3) is 0 Å². The maximum Gasteiger partial charge on any atom is 0.137 e. The Balaban J connectivity index is 1.84. The second-order valence-electron chi connectivity index (χ2n) is 4.91. The molecule has 2 bridgehead atoms. The molecule has 0 aliphatic heterocycles. The normalized spacial score (nSPS) is 34.4. The average molecular weight is 193 g/mol. The highest BCUT2D eigenvalue weighted by Crippen LogP contribution is 2.44. The Bertz CT molecular complexity index is 257. The number of nitrogens with zero attached hydrogens (tertiary/aromatic N) is 1. The molecule has 0 aromatic rings.